The van der Waals surface area contributed by atoms with Gasteiger partial charge in [0.2, 0.25) is 0 Å². The van der Waals surface area contributed by atoms with Crippen LogP contribution in [0.3, 0.4) is 0 Å². The van der Waals surface area contributed by atoms with Crippen molar-refractivity contribution in [3.63, 3.8) is 0 Å². The normalized spacial score (nSPS) is 15.3. The first-order valence-electron chi connectivity index (χ1n) is 6.94. The molecule has 0 heterocycles. The molecule has 3 heteroatoms. The molecule has 1 aromatic rings. The molecule has 0 spiro atoms. The van der Waals surface area contributed by atoms with E-state index in [9.17, 15) is 4.39 Å². The first kappa shape index (κ1) is 16.1. The van der Waals surface area contributed by atoms with E-state index < -0.39 is 0 Å². The van der Waals surface area contributed by atoms with Gasteiger partial charge in [-0.25, -0.2) is 4.39 Å². The summed E-state index contributed by atoms with van der Waals surface area (Å²) in [6, 6.07) is 7.21. The molecule has 0 bridgehead atoms. The summed E-state index contributed by atoms with van der Waals surface area (Å²) < 4.78 is 12.8. The van der Waals surface area contributed by atoms with Crippen molar-refractivity contribution in [2.75, 3.05) is 6.61 Å². The van der Waals surface area contributed by atoms with E-state index >= 15 is 0 Å². The third kappa shape index (κ3) is 5.70. The molecular formula is C16H26FNO. The average Bonchev–Trinajstić information content (AvgIpc) is 2.30. The van der Waals surface area contributed by atoms with Gasteiger partial charge >= 0.3 is 0 Å². The molecule has 0 amide bonds. The largest absolute Gasteiger partial charge is 0.396 e. The molecule has 1 rings (SSSR count). The second kappa shape index (κ2) is 7.01. The fourth-order valence-corrected chi connectivity index (χ4v) is 2.27. The van der Waals surface area contributed by atoms with Crippen molar-refractivity contribution in [1.29, 1.82) is 0 Å². The maximum atomic E-state index is 12.8. The van der Waals surface area contributed by atoms with Gasteiger partial charge in [-0.05, 0) is 42.9 Å². The highest BCUT2D eigenvalue weighted by Gasteiger charge is 2.25. The SMILES string of the molecule is CC(Cc1ccc(F)cc1)NC(CCO)C(C)(C)C. The van der Waals surface area contributed by atoms with Gasteiger partial charge in [0.15, 0.2) is 0 Å². The molecule has 0 radical (unpaired) electrons. The third-order valence-corrected chi connectivity index (χ3v) is 3.40. The molecule has 0 fully saturated rings. The zero-order valence-corrected chi connectivity index (χ0v) is 12.4. The van der Waals surface area contributed by atoms with Crippen LogP contribution in [0.4, 0.5) is 4.39 Å². The summed E-state index contributed by atoms with van der Waals surface area (Å²) in [5.41, 5.74) is 1.23. The molecule has 0 aliphatic heterocycles. The molecule has 0 saturated carbocycles. The summed E-state index contributed by atoms with van der Waals surface area (Å²) in [6.45, 7) is 8.83. The molecule has 2 N–H and O–H groups in total. The molecule has 2 unspecified atom stereocenters. The Balaban J connectivity index is 2.57. The van der Waals surface area contributed by atoms with Crippen LogP contribution >= 0.6 is 0 Å². The van der Waals surface area contributed by atoms with E-state index in [0.29, 0.717) is 6.04 Å². The van der Waals surface area contributed by atoms with E-state index in [1.807, 2.05) is 12.1 Å². The van der Waals surface area contributed by atoms with Gasteiger partial charge in [-0.15, -0.1) is 0 Å². The molecule has 0 aromatic heterocycles. The second-order valence-corrected chi connectivity index (χ2v) is 6.33. The van der Waals surface area contributed by atoms with Crippen molar-refractivity contribution >= 4 is 0 Å². The number of rotatable bonds is 6. The predicted molar refractivity (Wildman–Crippen MR) is 77.6 cm³/mol. The van der Waals surface area contributed by atoms with Crippen molar-refractivity contribution < 1.29 is 9.50 Å². The molecule has 1 aromatic carbocycles. The minimum Gasteiger partial charge on any atom is -0.396 e. The Labute approximate surface area is 116 Å². The summed E-state index contributed by atoms with van der Waals surface area (Å²) in [5.74, 6) is -0.197. The summed E-state index contributed by atoms with van der Waals surface area (Å²) in [4.78, 5) is 0. The third-order valence-electron chi connectivity index (χ3n) is 3.40. The van der Waals surface area contributed by atoms with Gasteiger partial charge < -0.3 is 10.4 Å². The smallest absolute Gasteiger partial charge is 0.123 e. The number of benzene rings is 1. The second-order valence-electron chi connectivity index (χ2n) is 6.33. The molecule has 0 aliphatic rings. The first-order chi connectivity index (χ1) is 8.82. The van der Waals surface area contributed by atoms with Crippen LogP contribution < -0.4 is 5.32 Å². The number of aliphatic hydroxyl groups is 1. The lowest BCUT2D eigenvalue weighted by Gasteiger charge is -2.34. The maximum absolute atomic E-state index is 12.8. The van der Waals surface area contributed by atoms with E-state index in [0.717, 1.165) is 18.4 Å². The van der Waals surface area contributed by atoms with Gasteiger partial charge in [0.05, 0.1) is 0 Å². The van der Waals surface area contributed by atoms with Gasteiger partial charge in [0.1, 0.15) is 5.82 Å². The van der Waals surface area contributed by atoms with Crippen molar-refractivity contribution in [3.8, 4) is 0 Å². The fraction of sp³-hybridized carbons (Fsp3) is 0.625. The molecule has 2 atom stereocenters. The Kier molecular flexibility index (Phi) is 5.95. The lowest BCUT2D eigenvalue weighted by atomic mass is 9.84. The number of aliphatic hydroxyl groups excluding tert-OH is 1. The lowest BCUT2D eigenvalue weighted by Crippen LogP contribution is -2.46. The zero-order chi connectivity index (χ0) is 14.5. The molecule has 108 valence electrons. The summed E-state index contributed by atoms with van der Waals surface area (Å²) in [7, 11) is 0. The summed E-state index contributed by atoms with van der Waals surface area (Å²) in [5, 5.41) is 12.7. The fourth-order valence-electron chi connectivity index (χ4n) is 2.27. The van der Waals surface area contributed by atoms with E-state index in [4.69, 9.17) is 5.11 Å². The van der Waals surface area contributed by atoms with Crippen LogP contribution in [-0.2, 0) is 6.42 Å². The van der Waals surface area contributed by atoms with Gasteiger partial charge in [-0.3, -0.25) is 0 Å². The predicted octanol–water partition coefficient (Wildman–Crippen LogP) is 3.14. The minimum absolute atomic E-state index is 0.111. The Morgan fingerprint density at radius 2 is 1.79 bits per heavy atom. The highest BCUT2D eigenvalue weighted by Crippen LogP contribution is 2.22. The molecule has 19 heavy (non-hydrogen) atoms. The van der Waals surface area contributed by atoms with E-state index in [-0.39, 0.29) is 23.9 Å². The number of hydrogen-bond donors (Lipinski definition) is 2. The highest BCUT2D eigenvalue weighted by molar-refractivity contribution is 5.17. The molecular weight excluding hydrogens is 241 g/mol. The van der Waals surface area contributed by atoms with Crippen LogP contribution in [-0.4, -0.2) is 23.8 Å². The Bertz CT molecular complexity index is 369. The zero-order valence-electron chi connectivity index (χ0n) is 12.4. The van der Waals surface area contributed by atoms with Crippen LogP contribution in [0.25, 0.3) is 0 Å². The Hall–Kier alpha value is -0.930. The van der Waals surface area contributed by atoms with Crippen LogP contribution in [0.15, 0.2) is 24.3 Å². The topological polar surface area (TPSA) is 32.3 Å². The number of halogens is 1. The average molecular weight is 267 g/mol. The monoisotopic (exact) mass is 267 g/mol. The Morgan fingerprint density at radius 3 is 2.26 bits per heavy atom. The molecule has 0 saturated heterocycles. The highest BCUT2D eigenvalue weighted by atomic mass is 19.1. The van der Waals surface area contributed by atoms with Crippen molar-refractivity contribution in [2.45, 2.75) is 52.6 Å². The minimum atomic E-state index is -0.197. The van der Waals surface area contributed by atoms with E-state index in [1.54, 1.807) is 0 Å². The standard InChI is InChI=1S/C16H26FNO/c1-12(11-13-5-7-14(17)8-6-13)18-15(9-10-19)16(2,3)4/h5-8,12,15,18-19H,9-11H2,1-4H3. The van der Waals surface area contributed by atoms with Gasteiger partial charge in [0, 0.05) is 18.7 Å². The summed E-state index contributed by atoms with van der Waals surface area (Å²) >= 11 is 0. The Morgan fingerprint density at radius 1 is 1.21 bits per heavy atom. The number of nitrogens with one attached hydrogen (secondary N) is 1. The lowest BCUT2D eigenvalue weighted by molar-refractivity contribution is 0.187. The van der Waals surface area contributed by atoms with Gasteiger partial charge in [-0.1, -0.05) is 32.9 Å². The quantitative estimate of drug-likeness (QED) is 0.830. The van der Waals surface area contributed by atoms with Crippen LogP contribution in [0, 0.1) is 11.2 Å². The first-order valence-corrected chi connectivity index (χ1v) is 6.94. The van der Waals surface area contributed by atoms with Crippen molar-refractivity contribution in [3.05, 3.63) is 35.6 Å². The van der Waals surface area contributed by atoms with E-state index in [2.05, 4.69) is 33.0 Å². The molecule has 2 nitrogen and oxygen atoms in total. The number of hydrogen-bond acceptors (Lipinski definition) is 2. The van der Waals surface area contributed by atoms with Crippen LogP contribution in [0.5, 0.6) is 0 Å². The van der Waals surface area contributed by atoms with Crippen LogP contribution in [0.1, 0.15) is 39.7 Å². The maximum Gasteiger partial charge on any atom is 0.123 e. The van der Waals surface area contributed by atoms with Crippen molar-refractivity contribution in [1.82, 2.24) is 5.32 Å². The van der Waals surface area contributed by atoms with Gasteiger partial charge in [-0.2, -0.15) is 0 Å². The summed E-state index contributed by atoms with van der Waals surface area (Å²) in [6.07, 6.45) is 1.61. The van der Waals surface area contributed by atoms with Crippen LogP contribution in [0.2, 0.25) is 0 Å². The molecule has 0 aliphatic carbocycles. The van der Waals surface area contributed by atoms with Gasteiger partial charge in [0.25, 0.3) is 0 Å². The van der Waals surface area contributed by atoms with Crippen molar-refractivity contribution in [2.24, 2.45) is 5.41 Å². The van der Waals surface area contributed by atoms with E-state index in [1.165, 1.54) is 12.1 Å².